The molecule has 1 saturated carbocycles. The first-order valence-electron chi connectivity index (χ1n) is 8.48. The monoisotopic (exact) mass is 362 g/mol. The van der Waals surface area contributed by atoms with Gasteiger partial charge in [-0.2, -0.15) is 23.4 Å². The highest BCUT2D eigenvalue weighted by molar-refractivity contribution is 5.60. The fourth-order valence-corrected chi connectivity index (χ4v) is 3.07. The molecule has 1 fully saturated rings. The summed E-state index contributed by atoms with van der Waals surface area (Å²) in [5.74, 6) is 0.599. The number of halogens is 3. The van der Waals surface area contributed by atoms with Crippen molar-refractivity contribution in [3.05, 3.63) is 58.0 Å². The van der Waals surface area contributed by atoms with Crippen molar-refractivity contribution in [1.82, 2.24) is 14.8 Å². The standard InChI is InChI=1S/C18H17F3N4O/c19-18(20,21)13-2-1-3-14(10-13)24-9-7-16(26)17(23-24)15-6-8-22-25(15)11-12-4-5-12/h1-3,7-10,12,15H,4-6,11H2. The number of nitrogens with zero attached hydrogens (tertiary/aromatic N) is 4. The van der Waals surface area contributed by atoms with Crippen molar-refractivity contribution in [2.45, 2.75) is 31.5 Å². The minimum Gasteiger partial charge on any atom is -0.288 e. The van der Waals surface area contributed by atoms with E-state index in [1.807, 2.05) is 5.01 Å². The molecule has 1 aliphatic carbocycles. The van der Waals surface area contributed by atoms with Crippen LogP contribution in [0.25, 0.3) is 5.69 Å². The molecule has 0 bridgehead atoms. The summed E-state index contributed by atoms with van der Waals surface area (Å²) in [6, 6.07) is 5.97. The van der Waals surface area contributed by atoms with Crippen molar-refractivity contribution >= 4 is 6.21 Å². The van der Waals surface area contributed by atoms with Gasteiger partial charge in [-0.1, -0.05) is 6.07 Å². The molecule has 1 aliphatic heterocycles. The number of aromatic nitrogens is 2. The highest BCUT2D eigenvalue weighted by atomic mass is 19.4. The Bertz CT molecular complexity index is 902. The molecule has 2 heterocycles. The molecule has 2 aliphatic rings. The molecule has 1 aromatic heterocycles. The SMILES string of the molecule is O=c1ccn(-c2cccc(C(F)(F)F)c2)nc1C1CC=NN1CC1CC1. The number of rotatable bonds is 4. The lowest BCUT2D eigenvalue weighted by Crippen LogP contribution is -2.29. The van der Waals surface area contributed by atoms with Crippen LogP contribution in [0.15, 0.2) is 46.4 Å². The second-order valence-electron chi connectivity index (χ2n) is 6.67. The summed E-state index contributed by atoms with van der Waals surface area (Å²) in [5, 5.41) is 10.5. The van der Waals surface area contributed by atoms with E-state index in [4.69, 9.17) is 0 Å². The molecule has 26 heavy (non-hydrogen) atoms. The van der Waals surface area contributed by atoms with E-state index in [2.05, 4.69) is 10.2 Å². The summed E-state index contributed by atoms with van der Waals surface area (Å²) in [5.41, 5.74) is -0.419. The van der Waals surface area contributed by atoms with Gasteiger partial charge in [-0.15, -0.1) is 0 Å². The molecule has 0 spiro atoms. The molecule has 1 unspecified atom stereocenters. The number of hydrazone groups is 1. The van der Waals surface area contributed by atoms with Crippen LogP contribution in [0.4, 0.5) is 13.2 Å². The molecule has 136 valence electrons. The Kier molecular flexibility index (Phi) is 4.05. The van der Waals surface area contributed by atoms with Gasteiger partial charge in [-0.05, 0) is 37.0 Å². The van der Waals surface area contributed by atoms with Gasteiger partial charge in [0.05, 0.1) is 17.3 Å². The molecule has 8 heteroatoms. The average Bonchev–Trinajstić information content (AvgIpc) is 3.31. The van der Waals surface area contributed by atoms with Gasteiger partial charge >= 0.3 is 6.18 Å². The molecular formula is C18H17F3N4O. The van der Waals surface area contributed by atoms with Gasteiger partial charge in [0.1, 0.15) is 5.69 Å². The summed E-state index contributed by atoms with van der Waals surface area (Å²) < 4.78 is 40.2. The Labute approximate surface area is 147 Å². The Hall–Kier alpha value is -2.64. The van der Waals surface area contributed by atoms with E-state index in [1.165, 1.54) is 29.1 Å². The van der Waals surface area contributed by atoms with Crippen LogP contribution in [0.2, 0.25) is 0 Å². The summed E-state index contributed by atoms with van der Waals surface area (Å²) >= 11 is 0. The number of hydrogen-bond acceptors (Lipinski definition) is 4. The maximum absolute atomic E-state index is 12.9. The quantitative estimate of drug-likeness (QED) is 0.838. The smallest absolute Gasteiger partial charge is 0.288 e. The first kappa shape index (κ1) is 16.8. The first-order chi connectivity index (χ1) is 12.4. The summed E-state index contributed by atoms with van der Waals surface area (Å²) in [7, 11) is 0. The zero-order valence-electron chi connectivity index (χ0n) is 13.9. The normalized spacial score (nSPS) is 20.0. The first-order valence-corrected chi connectivity index (χ1v) is 8.48. The van der Waals surface area contributed by atoms with Crippen LogP contribution in [0.3, 0.4) is 0 Å². The molecular weight excluding hydrogens is 345 g/mol. The molecule has 1 atom stereocenters. The van der Waals surface area contributed by atoms with Crippen LogP contribution < -0.4 is 5.43 Å². The number of benzene rings is 1. The van der Waals surface area contributed by atoms with E-state index < -0.39 is 11.7 Å². The van der Waals surface area contributed by atoms with Crippen molar-refractivity contribution in [1.29, 1.82) is 0 Å². The van der Waals surface area contributed by atoms with E-state index in [-0.39, 0.29) is 17.2 Å². The van der Waals surface area contributed by atoms with Gasteiger partial charge in [0.25, 0.3) is 0 Å². The minimum atomic E-state index is -4.43. The molecule has 2 aromatic rings. The van der Waals surface area contributed by atoms with E-state index in [0.29, 0.717) is 18.0 Å². The van der Waals surface area contributed by atoms with Crippen LogP contribution in [0, 0.1) is 5.92 Å². The van der Waals surface area contributed by atoms with Crippen molar-refractivity contribution in [2.75, 3.05) is 6.54 Å². The summed E-state index contributed by atoms with van der Waals surface area (Å²) in [6.07, 6.45) is 1.61. The molecule has 1 aromatic carbocycles. The maximum Gasteiger partial charge on any atom is 0.416 e. The molecule has 0 amide bonds. The predicted octanol–water partition coefficient (Wildman–Crippen LogP) is 3.39. The second-order valence-corrected chi connectivity index (χ2v) is 6.67. The van der Waals surface area contributed by atoms with Crippen LogP contribution in [-0.4, -0.2) is 27.5 Å². The lowest BCUT2D eigenvalue weighted by molar-refractivity contribution is -0.137. The lowest BCUT2D eigenvalue weighted by Gasteiger charge is -2.23. The molecule has 5 nitrogen and oxygen atoms in total. The van der Waals surface area contributed by atoms with Crippen LogP contribution in [-0.2, 0) is 6.18 Å². The Morgan fingerprint density at radius 3 is 2.73 bits per heavy atom. The topological polar surface area (TPSA) is 50.5 Å². The van der Waals surface area contributed by atoms with Crippen LogP contribution >= 0.6 is 0 Å². The number of alkyl halides is 3. The van der Waals surface area contributed by atoms with Crippen LogP contribution in [0.5, 0.6) is 0 Å². The van der Waals surface area contributed by atoms with E-state index in [0.717, 1.165) is 31.5 Å². The molecule has 0 saturated heterocycles. The average molecular weight is 362 g/mol. The molecule has 0 radical (unpaired) electrons. The number of hydrogen-bond donors (Lipinski definition) is 0. The van der Waals surface area contributed by atoms with Crippen molar-refractivity contribution < 1.29 is 13.2 Å². The minimum absolute atomic E-state index is 0.232. The van der Waals surface area contributed by atoms with Gasteiger partial charge in [0.15, 0.2) is 0 Å². The van der Waals surface area contributed by atoms with Gasteiger partial charge in [-0.25, -0.2) is 4.68 Å². The fraction of sp³-hybridized carbons (Fsp3) is 0.389. The van der Waals surface area contributed by atoms with Crippen LogP contribution in [0.1, 0.15) is 36.6 Å². The fourth-order valence-electron chi connectivity index (χ4n) is 3.07. The van der Waals surface area contributed by atoms with Crippen molar-refractivity contribution in [3.63, 3.8) is 0 Å². The van der Waals surface area contributed by atoms with Gasteiger partial charge in [0, 0.05) is 31.4 Å². The van der Waals surface area contributed by atoms with E-state index in [1.54, 1.807) is 6.21 Å². The second kappa shape index (κ2) is 6.26. The predicted molar refractivity (Wildman–Crippen MR) is 90.1 cm³/mol. The highest BCUT2D eigenvalue weighted by Gasteiger charge is 2.33. The lowest BCUT2D eigenvalue weighted by atomic mass is 10.1. The Morgan fingerprint density at radius 1 is 1.19 bits per heavy atom. The Balaban J connectivity index is 1.67. The molecule has 0 N–H and O–H groups in total. The summed E-state index contributed by atoms with van der Waals surface area (Å²) in [4.78, 5) is 12.3. The maximum atomic E-state index is 12.9. The largest absolute Gasteiger partial charge is 0.416 e. The van der Waals surface area contributed by atoms with Gasteiger partial charge < -0.3 is 0 Å². The van der Waals surface area contributed by atoms with Crippen molar-refractivity contribution in [3.8, 4) is 5.69 Å². The third kappa shape index (κ3) is 3.36. The molecule has 4 rings (SSSR count). The highest BCUT2D eigenvalue weighted by Crippen LogP contribution is 2.35. The zero-order chi connectivity index (χ0) is 18.3. The third-order valence-electron chi connectivity index (χ3n) is 4.65. The van der Waals surface area contributed by atoms with Gasteiger partial charge in [-0.3, -0.25) is 9.80 Å². The van der Waals surface area contributed by atoms with E-state index in [9.17, 15) is 18.0 Å². The zero-order valence-corrected chi connectivity index (χ0v) is 13.9. The van der Waals surface area contributed by atoms with E-state index >= 15 is 0 Å². The Morgan fingerprint density at radius 2 is 2.00 bits per heavy atom. The third-order valence-corrected chi connectivity index (χ3v) is 4.65. The van der Waals surface area contributed by atoms with Crippen molar-refractivity contribution in [2.24, 2.45) is 11.0 Å². The van der Waals surface area contributed by atoms with Gasteiger partial charge in [0.2, 0.25) is 5.43 Å². The summed E-state index contributed by atoms with van der Waals surface area (Å²) in [6.45, 7) is 0.779.